The number of carbonyl (C=O) groups is 1. The van der Waals surface area contributed by atoms with E-state index in [0.717, 1.165) is 11.8 Å². The number of aromatic hydroxyl groups is 1. The molecule has 1 aromatic heterocycles. The Hall–Kier alpha value is -3.62. The fourth-order valence-electron chi connectivity index (χ4n) is 3.51. The van der Waals surface area contributed by atoms with E-state index < -0.39 is 45.4 Å². The molecule has 0 amide bonds. The number of nitrogens with one attached hydrogen (secondary N) is 1. The summed E-state index contributed by atoms with van der Waals surface area (Å²) in [5, 5.41) is 20.9. The minimum Gasteiger partial charge on any atom is -0.508 e. The molecule has 30 heavy (non-hydrogen) atoms. The second-order valence-corrected chi connectivity index (χ2v) is 7.30. The maximum atomic E-state index is 15.4. The first-order valence-electron chi connectivity index (χ1n) is 9.40. The lowest BCUT2D eigenvalue weighted by atomic mass is 10.1. The van der Waals surface area contributed by atoms with Gasteiger partial charge in [-0.15, -0.1) is 0 Å². The fraction of sp³-hybridized carbons (Fsp3) is 0.238. The highest BCUT2D eigenvalue weighted by atomic mass is 19.1. The Morgan fingerprint density at radius 3 is 2.47 bits per heavy atom. The van der Waals surface area contributed by atoms with Crippen molar-refractivity contribution in [3.63, 3.8) is 0 Å². The molecule has 0 spiro atoms. The Labute approximate surface area is 169 Å². The van der Waals surface area contributed by atoms with Crippen LogP contribution in [-0.4, -0.2) is 27.3 Å². The van der Waals surface area contributed by atoms with Crippen LogP contribution in [0, 0.1) is 11.6 Å². The predicted molar refractivity (Wildman–Crippen MR) is 108 cm³/mol. The average Bonchev–Trinajstić information content (AvgIpc) is 3.55. The van der Waals surface area contributed by atoms with Gasteiger partial charge in [-0.25, -0.2) is 13.6 Å². The molecule has 3 aromatic rings. The third kappa shape index (κ3) is 3.32. The number of hydrogen-bond donors (Lipinski definition) is 4. The monoisotopic (exact) mass is 415 g/mol. The van der Waals surface area contributed by atoms with E-state index >= 15 is 4.39 Å². The number of nitrogens with two attached hydrogens (primary N) is 1. The van der Waals surface area contributed by atoms with Crippen LogP contribution in [0.4, 0.5) is 20.2 Å². The predicted octanol–water partition coefficient (Wildman–Crippen LogP) is 3.26. The fourth-order valence-corrected chi connectivity index (χ4v) is 3.51. The molecule has 0 saturated heterocycles. The van der Waals surface area contributed by atoms with Crippen molar-refractivity contribution in [2.24, 2.45) is 0 Å². The number of phenols is 1. The molecule has 2 aromatic carbocycles. The number of anilines is 2. The minimum absolute atomic E-state index is 0.116. The number of carboxylic acid groups (broad SMARTS) is 1. The number of aromatic nitrogens is 1. The summed E-state index contributed by atoms with van der Waals surface area (Å²) in [4.78, 5) is 24.0. The number of hydrogen-bond acceptors (Lipinski definition) is 5. The number of carboxylic acids is 1. The summed E-state index contributed by atoms with van der Waals surface area (Å²) in [5.41, 5.74) is 3.84. The van der Waals surface area contributed by atoms with Gasteiger partial charge < -0.3 is 25.8 Å². The third-order valence-corrected chi connectivity index (χ3v) is 5.21. The zero-order chi connectivity index (χ0) is 21.6. The normalized spacial score (nSPS) is 13.5. The number of benzene rings is 2. The highest BCUT2D eigenvalue weighted by Gasteiger charge is 2.31. The lowest BCUT2D eigenvalue weighted by molar-refractivity contribution is 0.0695. The van der Waals surface area contributed by atoms with Crippen LogP contribution < -0.4 is 16.5 Å². The quantitative estimate of drug-likeness (QED) is 0.459. The van der Waals surface area contributed by atoms with E-state index in [4.69, 9.17) is 5.73 Å². The van der Waals surface area contributed by atoms with Crippen LogP contribution in [0.5, 0.6) is 5.75 Å². The molecule has 0 unspecified atom stereocenters. The number of aromatic carboxylic acids is 1. The van der Waals surface area contributed by atoms with Crippen LogP contribution in [0.3, 0.4) is 0 Å². The lowest BCUT2D eigenvalue weighted by Crippen LogP contribution is -2.22. The summed E-state index contributed by atoms with van der Waals surface area (Å²) >= 11 is 0. The molecule has 0 atom stereocenters. The number of nitrogen functional groups attached to an aromatic ring is 1. The maximum absolute atomic E-state index is 15.4. The number of nitrogens with zero attached hydrogens (tertiary/aromatic N) is 1. The van der Waals surface area contributed by atoms with Crippen molar-refractivity contribution >= 4 is 28.2 Å². The van der Waals surface area contributed by atoms with Gasteiger partial charge in [-0.05, 0) is 37.0 Å². The van der Waals surface area contributed by atoms with E-state index in [0.29, 0.717) is 19.3 Å². The Balaban J connectivity index is 1.79. The number of pyridine rings is 1. The summed E-state index contributed by atoms with van der Waals surface area (Å²) in [6, 6.07) is 6.24. The number of rotatable bonds is 6. The molecule has 1 aliphatic carbocycles. The van der Waals surface area contributed by atoms with Crippen molar-refractivity contribution in [2.45, 2.75) is 25.3 Å². The molecular formula is C21H19F2N3O4. The van der Waals surface area contributed by atoms with Crippen LogP contribution in [0.2, 0.25) is 0 Å². The second kappa shape index (κ2) is 7.33. The van der Waals surface area contributed by atoms with Crippen LogP contribution in [0.1, 0.15) is 34.8 Å². The molecule has 4 rings (SSSR count). The smallest absolute Gasteiger partial charge is 0.341 e. The molecule has 156 valence electrons. The molecule has 0 bridgehead atoms. The van der Waals surface area contributed by atoms with Crippen molar-refractivity contribution in [1.29, 1.82) is 0 Å². The van der Waals surface area contributed by atoms with Gasteiger partial charge in [0.15, 0.2) is 11.6 Å². The van der Waals surface area contributed by atoms with E-state index in [1.165, 1.54) is 16.7 Å². The van der Waals surface area contributed by atoms with E-state index in [9.17, 15) is 24.2 Å². The molecule has 1 fully saturated rings. The van der Waals surface area contributed by atoms with Crippen molar-refractivity contribution in [2.75, 3.05) is 17.6 Å². The second-order valence-electron chi connectivity index (χ2n) is 7.30. The number of halogens is 2. The van der Waals surface area contributed by atoms with Gasteiger partial charge in [0.1, 0.15) is 17.0 Å². The van der Waals surface area contributed by atoms with Gasteiger partial charge in [-0.2, -0.15) is 0 Å². The molecule has 1 heterocycles. The summed E-state index contributed by atoms with van der Waals surface area (Å²) in [5.74, 6) is -3.48. The minimum atomic E-state index is -1.48. The largest absolute Gasteiger partial charge is 0.508 e. The summed E-state index contributed by atoms with van der Waals surface area (Å²) in [7, 11) is 0. The van der Waals surface area contributed by atoms with Crippen LogP contribution in [-0.2, 0) is 6.42 Å². The SMILES string of the molecule is Nc1c(F)c(NCCc2ccc(O)cc2)c(F)c2c1c(=O)c(C(=O)O)cn2C1CC1. The molecule has 1 aliphatic rings. The highest BCUT2D eigenvalue weighted by molar-refractivity contribution is 5.99. The Kier molecular flexibility index (Phi) is 4.81. The van der Waals surface area contributed by atoms with Gasteiger partial charge in [-0.3, -0.25) is 4.79 Å². The van der Waals surface area contributed by atoms with Crippen LogP contribution in [0.15, 0.2) is 35.3 Å². The first-order valence-corrected chi connectivity index (χ1v) is 9.40. The Morgan fingerprint density at radius 2 is 1.87 bits per heavy atom. The summed E-state index contributed by atoms with van der Waals surface area (Å²) in [6.07, 6.45) is 2.91. The van der Waals surface area contributed by atoms with Crippen molar-refractivity contribution in [3.05, 3.63) is 63.4 Å². The van der Waals surface area contributed by atoms with Gasteiger partial charge in [0, 0.05) is 18.8 Å². The number of fused-ring (bicyclic) bond motifs is 1. The Bertz CT molecular complexity index is 1220. The van der Waals surface area contributed by atoms with Gasteiger partial charge in [0.05, 0.1) is 16.6 Å². The standard InChI is InChI=1S/C21H19F2N3O4/c22-15-17(24)14-19(26(11-3-4-11)9-13(20(14)28)21(29)30)16(23)18(15)25-8-7-10-1-5-12(27)6-2-10/h1-2,5-6,9,11,25,27H,3-4,7-8,24H2,(H,29,30). The summed E-state index contributed by atoms with van der Waals surface area (Å²) in [6.45, 7) is 0.171. The topological polar surface area (TPSA) is 118 Å². The van der Waals surface area contributed by atoms with Gasteiger partial charge >= 0.3 is 5.97 Å². The van der Waals surface area contributed by atoms with Crippen molar-refractivity contribution in [1.82, 2.24) is 4.57 Å². The van der Waals surface area contributed by atoms with E-state index in [2.05, 4.69) is 5.32 Å². The van der Waals surface area contributed by atoms with E-state index in [-0.39, 0.29) is 23.9 Å². The molecular weight excluding hydrogens is 396 g/mol. The van der Waals surface area contributed by atoms with Gasteiger partial charge in [0.2, 0.25) is 5.43 Å². The molecule has 0 aliphatic heterocycles. The van der Waals surface area contributed by atoms with E-state index in [1.807, 2.05) is 0 Å². The van der Waals surface area contributed by atoms with Gasteiger partial charge in [-0.1, -0.05) is 12.1 Å². The first-order chi connectivity index (χ1) is 14.3. The highest BCUT2D eigenvalue weighted by Crippen LogP contribution is 2.40. The van der Waals surface area contributed by atoms with Gasteiger partial charge in [0.25, 0.3) is 0 Å². The average molecular weight is 415 g/mol. The van der Waals surface area contributed by atoms with Crippen LogP contribution >= 0.6 is 0 Å². The first kappa shape index (κ1) is 19.7. The molecule has 9 heteroatoms. The molecule has 7 nitrogen and oxygen atoms in total. The summed E-state index contributed by atoms with van der Waals surface area (Å²) < 4.78 is 31.6. The lowest BCUT2D eigenvalue weighted by Gasteiger charge is -2.18. The maximum Gasteiger partial charge on any atom is 0.341 e. The number of phenolic OH excluding ortho intramolecular Hbond substituents is 1. The zero-order valence-corrected chi connectivity index (χ0v) is 15.8. The van der Waals surface area contributed by atoms with Crippen molar-refractivity contribution in [3.8, 4) is 5.75 Å². The Morgan fingerprint density at radius 1 is 1.20 bits per heavy atom. The zero-order valence-electron chi connectivity index (χ0n) is 15.8. The molecule has 1 saturated carbocycles. The van der Waals surface area contributed by atoms with Crippen molar-refractivity contribution < 1.29 is 23.8 Å². The third-order valence-electron chi connectivity index (χ3n) is 5.21. The molecule has 0 radical (unpaired) electrons. The van der Waals surface area contributed by atoms with E-state index in [1.54, 1.807) is 12.1 Å². The van der Waals surface area contributed by atoms with Crippen LogP contribution in [0.25, 0.3) is 10.9 Å². The molecule has 5 N–H and O–H groups in total.